The summed E-state index contributed by atoms with van der Waals surface area (Å²) in [4.78, 5) is 11.7. The van der Waals surface area contributed by atoms with Crippen molar-refractivity contribution in [3.05, 3.63) is 41.5 Å². The van der Waals surface area contributed by atoms with Crippen LogP contribution in [-0.4, -0.2) is 19.1 Å². The van der Waals surface area contributed by atoms with E-state index in [2.05, 4.69) is 18.3 Å². The lowest BCUT2D eigenvalue weighted by Crippen LogP contribution is -2.26. The summed E-state index contributed by atoms with van der Waals surface area (Å²) in [6.45, 7) is 3.35. The molecule has 0 unspecified atom stereocenters. The molecule has 3 nitrogen and oxygen atoms in total. The molecule has 0 aliphatic heterocycles. The van der Waals surface area contributed by atoms with Gasteiger partial charge in [0.15, 0.2) is 0 Å². The summed E-state index contributed by atoms with van der Waals surface area (Å²) in [5.74, 6) is 0.988. The molecule has 2 rings (SSSR count). The molecule has 0 heterocycles. The first kappa shape index (κ1) is 15.6. The van der Waals surface area contributed by atoms with Gasteiger partial charge in [-0.2, -0.15) is 0 Å². The first-order valence-corrected chi connectivity index (χ1v) is 7.88. The highest BCUT2D eigenvalue weighted by Crippen LogP contribution is 2.16. The molecule has 1 amide bonds. The lowest BCUT2D eigenvalue weighted by Gasteiger charge is -2.13. The van der Waals surface area contributed by atoms with E-state index >= 15 is 0 Å². The second-order valence-electron chi connectivity index (χ2n) is 5.65. The molecule has 1 N–H and O–H groups in total. The summed E-state index contributed by atoms with van der Waals surface area (Å²) in [7, 11) is 0. The molecule has 1 aliphatic rings. The number of hydrogen-bond donors (Lipinski definition) is 1. The van der Waals surface area contributed by atoms with Crippen molar-refractivity contribution in [2.45, 2.75) is 45.4 Å². The van der Waals surface area contributed by atoms with Crippen LogP contribution in [0.3, 0.4) is 0 Å². The van der Waals surface area contributed by atoms with Crippen LogP contribution < -0.4 is 10.1 Å². The zero-order valence-electron chi connectivity index (χ0n) is 12.9. The second kappa shape index (κ2) is 8.50. The Labute approximate surface area is 127 Å². The van der Waals surface area contributed by atoms with E-state index in [1.807, 2.05) is 24.3 Å². The summed E-state index contributed by atoms with van der Waals surface area (Å²) in [6, 6.07) is 7.98. The van der Waals surface area contributed by atoms with Crippen LogP contribution in [0.4, 0.5) is 0 Å². The molecule has 0 saturated carbocycles. The second-order valence-corrected chi connectivity index (χ2v) is 5.65. The molecule has 114 valence electrons. The van der Waals surface area contributed by atoms with E-state index in [0.717, 1.165) is 31.6 Å². The molecule has 0 atom stereocenters. The van der Waals surface area contributed by atoms with Crippen LogP contribution in [0.5, 0.6) is 5.75 Å². The standard InChI is InChI=1S/C18H25NO2/c1-15-9-11-17(12-10-15)21-13-5-8-18(20)19-14-16-6-3-2-4-7-16/h6,9-12H,2-5,7-8,13-14H2,1H3,(H,19,20). The number of carbonyl (C=O) groups is 1. The van der Waals surface area contributed by atoms with E-state index in [9.17, 15) is 4.79 Å². The predicted molar refractivity (Wildman–Crippen MR) is 85.5 cm³/mol. The van der Waals surface area contributed by atoms with Crippen LogP contribution in [-0.2, 0) is 4.79 Å². The fourth-order valence-electron chi connectivity index (χ4n) is 2.42. The van der Waals surface area contributed by atoms with E-state index in [-0.39, 0.29) is 5.91 Å². The Kier molecular flexibility index (Phi) is 6.32. The third kappa shape index (κ3) is 6.03. The number of hydrogen-bond acceptors (Lipinski definition) is 2. The molecule has 21 heavy (non-hydrogen) atoms. The van der Waals surface area contributed by atoms with E-state index in [0.29, 0.717) is 13.0 Å². The Balaban J connectivity index is 1.56. The molecular weight excluding hydrogens is 262 g/mol. The molecule has 3 heteroatoms. The predicted octanol–water partition coefficient (Wildman–Crippen LogP) is 3.77. The maximum Gasteiger partial charge on any atom is 0.220 e. The molecule has 0 radical (unpaired) electrons. The Morgan fingerprint density at radius 3 is 2.76 bits per heavy atom. The lowest BCUT2D eigenvalue weighted by molar-refractivity contribution is -0.121. The van der Waals surface area contributed by atoms with Gasteiger partial charge < -0.3 is 10.1 Å². The average Bonchev–Trinajstić information content (AvgIpc) is 2.52. The number of ether oxygens (including phenoxy) is 1. The van der Waals surface area contributed by atoms with Crippen molar-refractivity contribution < 1.29 is 9.53 Å². The van der Waals surface area contributed by atoms with Crippen LogP contribution in [0.1, 0.15) is 44.1 Å². The van der Waals surface area contributed by atoms with Crippen molar-refractivity contribution >= 4 is 5.91 Å². The van der Waals surface area contributed by atoms with E-state index < -0.39 is 0 Å². The molecule has 0 saturated heterocycles. The van der Waals surface area contributed by atoms with Crippen molar-refractivity contribution in [3.63, 3.8) is 0 Å². The number of amides is 1. The topological polar surface area (TPSA) is 38.3 Å². The van der Waals surface area contributed by atoms with Gasteiger partial charge in [-0.25, -0.2) is 0 Å². The van der Waals surface area contributed by atoms with Gasteiger partial charge in [0, 0.05) is 13.0 Å². The van der Waals surface area contributed by atoms with Crippen molar-refractivity contribution in [1.29, 1.82) is 0 Å². The van der Waals surface area contributed by atoms with Gasteiger partial charge >= 0.3 is 0 Å². The molecule has 0 bridgehead atoms. The molecule has 0 spiro atoms. The van der Waals surface area contributed by atoms with E-state index in [1.165, 1.54) is 24.0 Å². The van der Waals surface area contributed by atoms with Gasteiger partial charge in [-0.15, -0.1) is 0 Å². The van der Waals surface area contributed by atoms with Gasteiger partial charge in [-0.3, -0.25) is 4.79 Å². The fourth-order valence-corrected chi connectivity index (χ4v) is 2.42. The van der Waals surface area contributed by atoms with Gasteiger partial charge in [0.1, 0.15) is 5.75 Å². The lowest BCUT2D eigenvalue weighted by atomic mass is 10.00. The Hall–Kier alpha value is -1.77. The maximum atomic E-state index is 11.7. The van der Waals surface area contributed by atoms with Crippen molar-refractivity contribution in [3.8, 4) is 5.75 Å². The summed E-state index contributed by atoms with van der Waals surface area (Å²) >= 11 is 0. The van der Waals surface area contributed by atoms with Crippen molar-refractivity contribution in [1.82, 2.24) is 5.32 Å². The molecule has 0 aromatic heterocycles. The number of allylic oxidation sites excluding steroid dienone is 1. The molecule has 1 aromatic carbocycles. The first-order valence-electron chi connectivity index (χ1n) is 7.88. The van der Waals surface area contributed by atoms with Crippen LogP contribution in [0, 0.1) is 6.92 Å². The Morgan fingerprint density at radius 1 is 1.24 bits per heavy atom. The third-order valence-electron chi connectivity index (χ3n) is 3.74. The van der Waals surface area contributed by atoms with E-state index in [4.69, 9.17) is 4.74 Å². The number of benzene rings is 1. The average molecular weight is 287 g/mol. The minimum absolute atomic E-state index is 0.119. The summed E-state index contributed by atoms with van der Waals surface area (Å²) < 4.78 is 5.61. The largest absolute Gasteiger partial charge is 0.494 e. The molecular formula is C18H25NO2. The van der Waals surface area contributed by atoms with Crippen LogP contribution in [0.15, 0.2) is 35.9 Å². The zero-order valence-corrected chi connectivity index (χ0v) is 12.9. The number of aryl methyl sites for hydroxylation is 1. The normalized spacial score (nSPS) is 14.4. The van der Waals surface area contributed by atoms with Gasteiger partial charge in [-0.05, 0) is 51.2 Å². The molecule has 0 fully saturated rings. The van der Waals surface area contributed by atoms with Gasteiger partial charge in [0.2, 0.25) is 5.91 Å². The van der Waals surface area contributed by atoms with Crippen LogP contribution in [0.25, 0.3) is 0 Å². The summed E-state index contributed by atoms with van der Waals surface area (Å²) in [6.07, 6.45) is 8.38. The monoisotopic (exact) mass is 287 g/mol. The van der Waals surface area contributed by atoms with Crippen LogP contribution >= 0.6 is 0 Å². The number of carbonyl (C=O) groups excluding carboxylic acids is 1. The van der Waals surface area contributed by atoms with Crippen molar-refractivity contribution in [2.24, 2.45) is 0 Å². The maximum absolute atomic E-state index is 11.7. The van der Waals surface area contributed by atoms with Gasteiger partial charge in [-0.1, -0.05) is 29.3 Å². The molecule has 1 aromatic rings. The highest BCUT2D eigenvalue weighted by molar-refractivity contribution is 5.76. The van der Waals surface area contributed by atoms with Gasteiger partial charge in [0.05, 0.1) is 6.61 Å². The Bertz CT molecular complexity index is 476. The highest BCUT2D eigenvalue weighted by Gasteiger charge is 2.06. The van der Waals surface area contributed by atoms with Crippen LogP contribution in [0.2, 0.25) is 0 Å². The van der Waals surface area contributed by atoms with E-state index in [1.54, 1.807) is 0 Å². The van der Waals surface area contributed by atoms with Gasteiger partial charge in [0.25, 0.3) is 0 Å². The smallest absolute Gasteiger partial charge is 0.220 e. The molecule has 1 aliphatic carbocycles. The number of rotatable bonds is 7. The zero-order chi connectivity index (χ0) is 14.9. The van der Waals surface area contributed by atoms with Crippen molar-refractivity contribution in [2.75, 3.05) is 13.2 Å². The minimum atomic E-state index is 0.119. The Morgan fingerprint density at radius 2 is 2.05 bits per heavy atom. The number of nitrogens with one attached hydrogen (secondary N) is 1. The minimum Gasteiger partial charge on any atom is -0.494 e. The highest BCUT2D eigenvalue weighted by atomic mass is 16.5. The third-order valence-corrected chi connectivity index (χ3v) is 3.74. The quantitative estimate of drug-likeness (QED) is 0.612. The fraction of sp³-hybridized carbons (Fsp3) is 0.500. The SMILES string of the molecule is Cc1ccc(OCCCC(=O)NCC2=CCCCC2)cc1. The summed E-state index contributed by atoms with van der Waals surface area (Å²) in [5.41, 5.74) is 2.60. The summed E-state index contributed by atoms with van der Waals surface area (Å²) in [5, 5.41) is 3.00. The first-order chi connectivity index (χ1) is 10.2.